The van der Waals surface area contributed by atoms with Crippen molar-refractivity contribution in [1.82, 2.24) is 0 Å². The van der Waals surface area contributed by atoms with Crippen LogP contribution < -0.4 is 4.74 Å². The number of hydrogen-bond acceptors (Lipinski definition) is 3. The summed E-state index contributed by atoms with van der Waals surface area (Å²) in [6.07, 6.45) is 0.00910. The SMILES string of the molecule is COc1ccc(C[C@@H](C)O)c(O)c1. The Kier molecular flexibility index (Phi) is 3.14. The van der Waals surface area contributed by atoms with Gasteiger partial charge in [0.1, 0.15) is 11.5 Å². The lowest BCUT2D eigenvalue weighted by Crippen LogP contribution is -2.04. The van der Waals surface area contributed by atoms with Crippen LogP contribution in [0.3, 0.4) is 0 Å². The normalized spacial score (nSPS) is 12.5. The maximum atomic E-state index is 9.48. The van der Waals surface area contributed by atoms with Crippen LogP contribution in [0.1, 0.15) is 12.5 Å². The second-order valence-corrected chi connectivity index (χ2v) is 3.05. The summed E-state index contributed by atoms with van der Waals surface area (Å²) in [5, 5.41) is 18.6. The Bertz CT molecular complexity index is 281. The van der Waals surface area contributed by atoms with Crippen molar-refractivity contribution in [2.24, 2.45) is 0 Å². The first-order chi connectivity index (χ1) is 6.13. The summed E-state index contributed by atoms with van der Waals surface area (Å²) in [6, 6.07) is 5.05. The van der Waals surface area contributed by atoms with E-state index in [0.717, 1.165) is 5.56 Å². The lowest BCUT2D eigenvalue weighted by atomic mass is 10.1. The summed E-state index contributed by atoms with van der Waals surface area (Å²) < 4.78 is 4.93. The van der Waals surface area contributed by atoms with Gasteiger partial charge in [-0.3, -0.25) is 0 Å². The fraction of sp³-hybridized carbons (Fsp3) is 0.400. The van der Waals surface area contributed by atoms with Gasteiger partial charge in [-0.05, 0) is 18.6 Å². The number of aromatic hydroxyl groups is 1. The van der Waals surface area contributed by atoms with E-state index in [1.165, 1.54) is 6.07 Å². The van der Waals surface area contributed by atoms with Crippen LogP contribution in [0.2, 0.25) is 0 Å². The molecule has 0 spiro atoms. The minimum Gasteiger partial charge on any atom is -0.508 e. The highest BCUT2D eigenvalue weighted by atomic mass is 16.5. The second-order valence-electron chi connectivity index (χ2n) is 3.05. The van der Waals surface area contributed by atoms with Crippen molar-refractivity contribution >= 4 is 0 Å². The molecule has 1 aromatic carbocycles. The van der Waals surface area contributed by atoms with E-state index in [9.17, 15) is 5.11 Å². The van der Waals surface area contributed by atoms with Crippen LogP contribution in [0, 0.1) is 0 Å². The molecule has 0 heterocycles. The van der Waals surface area contributed by atoms with E-state index in [2.05, 4.69) is 0 Å². The molecule has 0 amide bonds. The third kappa shape index (κ3) is 2.63. The van der Waals surface area contributed by atoms with Crippen LogP contribution in [0.25, 0.3) is 0 Å². The van der Waals surface area contributed by atoms with E-state index in [1.54, 1.807) is 26.2 Å². The topological polar surface area (TPSA) is 49.7 Å². The summed E-state index contributed by atoms with van der Waals surface area (Å²) in [5.74, 6) is 0.784. The molecular formula is C10H14O3. The molecule has 0 aliphatic carbocycles. The Balaban J connectivity index is 2.85. The van der Waals surface area contributed by atoms with Crippen molar-refractivity contribution in [3.63, 3.8) is 0 Å². The largest absolute Gasteiger partial charge is 0.508 e. The van der Waals surface area contributed by atoms with Crippen LogP contribution in [-0.2, 0) is 6.42 Å². The molecule has 0 saturated carbocycles. The van der Waals surface area contributed by atoms with Gasteiger partial charge < -0.3 is 14.9 Å². The van der Waals surface area contributed by atoms with E-state index >= 15 is 0 Å². The quantitative estimate of drug-likeness (QED) is 0.741. The first-order valence-corrected chi connectivity index (χ1v) is 4.17. The standard InChI is InChI=1S/C10H14O3/c1-7(11)5-8-3-4-9(13-2)6-10(8)12/h3-4,6-7,11-12H,5H2,1-2H3/t7-/m1/s1. The van der Waals surface area contributed by atoms with Crippen molar-refractivity contribution in [3.05, 3.63) is 23.8 Å². The number of hydrogen-bond donors (Lipinski definition) is 2. The van der Waals surface area contributed by atoms with Crippen LogP contribution >= 0.6 is 0 Å². The molecule has 1 aromatic rings. The molecule has 0 aliphatic heterocycles. The molecule has 1 rings (SSSR count). The molecule has 72 valence electrons. The number of phenolic OH excluding ortho intramolecular Hbond substituents is 1. The van der Waals surface area contributed by atoms with Crippen molar-refractivity contribution < 1.29 is 14.9 Å². The van der Waals surface area contributed by atoms with Gasteiger partial charge in [0.15, 0.2) is 0 Å². The zero-order valence-electron chi connectivity index (χ0n) is 7.82. The maximum Gasteiger partial charge on any atom is 0.122 e. The Morgan fingerprint density at radius 1 is 1.46 bits per heavy atom. The Hall–Kier alpha value is -1.22. The predicted octanol–water partition coefficient (Wildman–Crippen LogP) is 1.32. The van der Waals surface area contributed by atoms with E-state index in [-0.39, 0.29) is 5.75 Å². The van der Waals surface area contributed by atoms with Gasteiger partial charge in [0.25, 0.3) is 0 Å². The monoisotopic (exact) mass is 182 g/mol. The second kappa shape index (κ2) is 4.14. The van der Waals surface area contributed by atoms with Crippen molar-refractivity contribution in [1.29, 1.82) is 0 Å². The smallest absolute Gasteiger partial charge is 0.122 e. The molecule has 1 atom stereocenters. The molecule has 0 fully saturated rings. The lowest BCUT2D eigenvalue weighted by Gasteiger charge is -2.08. The van der Waals surface area contributed by atoms with Gasteiger partial charge in [0.05, 0.1) is 13.2 Å². The number of ether oxygens (including phenoxy) is 1. The molecule has 0 unspecified atom stereocenters. The summed E-state index contributed by atoms with van der Waals surface area (Å²) >= 11 is 0. The van der Waals surface area contributed by atoms with Crippen LogP contribution in [0.4, 0.5) is 0 Å². The first-order valence-electron chi connectivity index (χ1n) is 4.17. The summed E-state index contributed by atoms with van der Waals surface area (Å²) in [5.41, 5.74) is 0.732. The lowest BCUT2D eigenvalue weighted by molar-refractivity contribution is 0.194. The van der Waals surface area contributed by atoms with Crippen LogP contribution in [0.5, 0.6) is 11.5 Å². The average Bonchev–Trinajstić information content (AvgIpc) is 2.08. The first kappa shape index (κ1) is 9.86. The minimum atomic E-state index is -0.445. The summed E-state index contributed by atoms with van der Waals surface area (Å²) in [6.45, 7) is 1.68. The summed E-state index contributed by atoms with van der Waals surface area (Å²) in [4.78, 5) is 0. The minimum absolute atomic E-state index is 0.167. The zero-order valence-corrected chi connectivity index (χ0v) is 7.82. The maximum absolute atomic E-state index is 9.48. The predicted molar refractivity (Wildman–Crippen MR) is 50.0 cm³/mol. The Morgan fingerprint density at radius 3 is 2.62 bits per heavy atom. The number of rotatable bonds is 3. The molecule has 0 aliphatic rings. The van der Waals surface area contributed by atoms with Gasteiger partial charge in [-0.25, -0.2) is 0 Å². The summed E-state index contributed by atoms with van der Waals surface area (Å²) in [7, 11) is 1.54. The highest BCUT2D eigenvalue weighted by molar-refractivity contribution is 5.39. The van der Waals surface area contributed by atoms with E-state index < -0.39 is 6.10 Å². The van der Waals surface area contributed by atoms with Gasteiger partial charge in [-0.1, -0.05) is 6.07 Å². The Labute approximate surface area is 77.6 Å². The van der Waals surface area contributed by atoms with Crippen LogP contribution in [0.15, 0.2) is 18.2 Å². The molecule has 13 heavy (non-hydrogen) atoms. The van der Waals surface area contributed by atoms with E-state index in [1.807, 2.05) is 0 Å². The fourth-order valence-corrected chi connectivity index (χ4v) is 1.16. The van der Waals surface area contributed by atoms with Gasteiger partial charge in [0, 0.05) is 12.5 Å². The van der Waals surface area contributed by atoms with Crippen molar-refractivity contribution in [2.45, 2.75) is 19.4 Å². The number of benzene rings is 1. The number of methoxy groups -OCH3 is 1. The molecule has 3 heteroatoms. The highest BCUT2D eigenvalue weighted by Gasteiger charge is 2.05. The number of phenols is 1. The van der Waals surface area contributed by atoms with Gasteiger partial charge in [-0.2, -0.15) is 0 Å². The van der Waals surface area contributed by atoms with Gasteiger partial charge in [0.2, 0.25) is 0 Å². The molecular weight excluding hydrogens is 168 g/mol. The van der Waals surface area contributed by atoms with E-state index in [4.69, 9.17) is 9.84 Å². The molecule has 2 N–H and O–H groups in total. The molecule has 0 radical (unpaired) electrons. The molecule has 0 saturated heterocycles. The third-order valence-corrected chi connectivity index (χ3v) is 1.81. The van der Waals surface area contributed by atoms with E-state index in [0.29, 0.717) is 12.2 Å². The van der Waals surface area contributed by atoms with Crippen LogP contribution in [-0.4, -0.2) is 23.4 Å². The van der Waals surface area contributed by atoms with Crippen molar-refractivity contribution in [3.8, 4) is 11.5 Å². The fourth-order valence-electron chi connectivity index (χ4n) is 1.16. The number of aliphatic hydroxyl groups excluding tert-OH is 1. The molecule has 3 nitrogen and oxygen atoms in total. The Morgan fingerprint density at radius 2 is 2.15 bits per heavy atom. The van der Waals surface area contributed by atoms with Gasteiger partial charge in [-0.15, -0.1) is 0 Å². The van der Waals surface area contributed by atoms with Gasteiger partial charge >= 0.3 is 0 Å². The molecule has 0 bridgehead atoms. The average molecular weight is 182 g/mol. The highest BCUT2D eigenvalue weighted by Crippen LogP contribution is 2.24. The molecule has 0 aromatic heterocycles. The third-order valence-electron chi connectivity index (χ3n) is 1.81. The zero-order chi connectivity index (χ0) is 9.84. The van der Waals surface area contributed by atoms with Crippen molar-refractivity contribution in [2.75, 3.05) is 7.11 Å². The number of aliphatic hydroxyl groups is 1.